The van der Waals surface area contributed by atoms with Crippen LogP contribution >= 0.6 is 0 Å². The molecule has 2 aliphatic rings. The summed E-state index contributed by atoms with van der Waals surface area (Å²) in [4.78, 5) is 25.2. The van der Waals surface area contributed by atoms with Gasteiger partial charge in [-0.05, 0) is 32.6 Å². The predicted octanol–water partition coefficient (Wildman–Crippen LogP) is 1.43. The Labute approximate surface area is 118 Å². The van der Waals surface area contributed by atoms with E-state index in [0.717, 1.165) is 12.8 Å². The molecule has 2 N–H and O–H groups in total. The molecule has 20 heavy (non-hydrogen) atoms. The number of carboxylic acid groups (broad SMARTS) is 1. The van der Waals surface area contributed by atoms with Crippen LogP contribution in [-0.4, -0.2) is 41.6 Å². The molecule has 0 aromatic rings. The highest BCUT2D eigenvalue weighted by atomic mass is 16.4. The zero-order chi connectivity index (χ0) is 15.0. The number of likely N-dealkylation sites (tertiary alicyclic amines) is 1. The fourth-order valence-electron chi connectivity index (χ4n) is 3.24. The fraction of sp³-hybridized carbons (Fsp3) is 0.786. The Bertz CT molecular complexity index is 469. The molecule has 0 radical (unpaired) electrons. The predicted molar refractivity (Wildman–Crippen MR) is 71.8 cm³/mol. The van der Waals surface area contributed by atoms with Gasteiger partial charge in [-0.15, -0.1) is 0 Å². The Morgan fingerprint density at radius 3 is 2.80 bits per heavy atom. The van der Waals surface area contributed by atoms with Crippen molar-refractivity contribution in [1.82, 2.24) is 10.2 Å². The van der Waals surface area contributed by atoms with Gasteiger partial charge in [0.2, 0.25) is 0 Å². The van der Waals surface area contributed by atoms with E-state index in [0.29, 0.717) is 13.0 Å². The highest BCUT2D eigenvalue weighted by Gasteiger charge is 2.55. The molecule has 6 nitrogen and oxygen atoms in total. The summed E-state index contributed by atoms with van der Waals surface area (Å²) < 4.78 is 0. The molecule has 0 bridgehead atoms. The number of rotatable bonds is 3. The molecular weight excluding hydrogens is 258 g/mol. The highest BCUT2D eigenvalue weighted by molar-refractivity contribution is 5.80. The minimum absolute atomic E-state index is 0.0646. The molecule has 1 heterocycles. The number of carbonyl (C=O) groups is 2. The van der Waals surface area contributed by atoms with Gasteiger partial charge in [0.1, 0.15) is 0 Å². The van der Waals surface area contributed by atoms with E-state index in [1.165, 1.54) is 0 Å². The van der Waals surface area contributed by atoms with Gasteiger partial charge in [0.25, 0.3) is 0 Å². The molecule has 6 heteroatoms. The van der Waals surface area contributed by atoms with Crippen molar-refractivity contribution in [2.45, 2.75) is 33.1 Å². The number of hydrogen-bond donors (Lipinski definition) is 2. The number of nitrogens with zero attached hydrogens (tertiary/aromatic N) is 2. The van der Waals surface area contributed by atoms with E-state index in [2.05, 4.69) is 11.4 Å². The van der Waals surface area contributed by atoms with Crippen LogP contribution < -0.4 is 5.32 Å². The average molecular weight is 279 g/mol. The molecule has 2 atom stereocenters. The highest BCUT2D eigenvalue weighted by Crippen LogP contribution is 2.48. The number of nitrogens with one attached hydrogen (secondary N) is 1. The third-order valence-electron chi connectivity index (χ3n) is 4.57. The second-order valence-corrected chi connectivity index (χ2v) is 6.59. The molecule has 0 unspecified atom stereocenters. The molecule has 2 rings (SSSR count). The van der Waals surface area contributed by atoms with Crippen molar-refractivity contribution in [2.75, 3.05) is 19.6 Å². The Hall–Kier alpha value is -1.77. The summed E-state index contributed by atoms with van der Waals surface area (Å²) in [7, 11) is 0. The molecule has 0 spiro atoms. The summed E-state index contributed by atoms with van der Waals surface area (Å²) in [5.74, 6) is -0.720. The molecule has 0 aromatic carbocycles. The monoisotopic (exact) mass is 279 g/mol. The Morgan fingerprint density at radius 2 is 2.25 bits per heavy atom. The van der Waals surface area contributed by atoms with Crippen LogP contribution in [0.15, 0.2) is 0 Å². The summed E-state index contributed by atoms with van der Waals surface area (Å²) in [6.07, 6.45) is 2.45. The smallest absolute Gasteiger partial charge is 0.317 e. The summed E-state index contributed by atoms with van der Waals surface area (Å²) in [5.41, 5.74) is -1.36. The Morgan fingerprint density at radius 1 is 1.55 bits per heavy atom. The first-order chi connectivity index (χ1) is 9.31. The number of carbonyl (C=O) groups excluding carboxylic acids is 1. The molecule has 1 saturated carbocycles. The molecule has 1 aliphatic heterocycles. The van der Waals surface area contributed by atoms with Gasteiger partial charge in [0, 0.05) is 19.6 Å². The average Bonchev–Trinajstić information content (AvgIpc) is 2.93. The topological polar surface area (TPSA) is 93.4 Å². The summed E-state index contributed by atoms with van der Waals surface area (Å²) in [5, 5.41) is 21.1. The van der Waals surface area contributed by atoms with Crippen molar-refractivity contribution < 1.29 is 14.7 Å². The van der Waals surface area contributed by atoms with Crippen LogP contribution in [0.5, 0.6) is 0 Å². The first-order valence-electron chi connectivity index (χ1n) is 6.98. The third kappa shape index (κ3) is 2.45. The lowest BCUT2D eigenvalue weighted by atomic mass is 9.81. The SMILES string of the molecule is CC(C)(C#N)CNC(=O)N1C[C@@H]2CCC[C@@]2(C(=O)O)C1. The molecule has 2 amide bonds. The van der Waals surface area contributed by atoms with Gasteiger partial charge in [-0.3, -0.25) is 4.79 Å². The maximum atomic E-state index is 12.1. The summed E-state index contributed by atoms with van der Waals surface area (Å²) in [6, 6.07) is 1.86. The Balaban J connectivity index is 1.98. The van der Waals surface area contributed by atoms with Crippen LogP contribution in [0.25, 0.3) is 0 Å². The number of carboxylic acids is 1. The standard InChI is InChI=1S/C14H21N3O3/c1-13(2,7-15)8-16-12(20)17-6-10-4-3-5-14(10,9-17)11(18)19/h10H,3-6,8-9H2,1-2H3,(H,16,20)(H,18,19)/t10-,14+/m0/s1. The number of urea groups is 1. The van der Waals surface area contributed by atoms with Gasteiger partial charge in [0.05, 0.1) is 16.9 Å². The van der Waals surface area contributed by atoms with Crippen LogP contribution in [0.3, 0.4) is 0 Å². The number of amides is 2. The van der Waals surface area contributed by atoms with Gasteiger partial charge in [-0.25, -0.2) is 4.79 Å². The van der Waals surface area contributed by atoms with E-state index in [9.17, 15) is 14.7 Å². The van der Waals surface area contributed by atoms with Crippen molar-refractivity contribution in [2.24, 2.45) is 16.7 Å². The molecule has 0 aromatic heterocycles. The van der Waals surface area contributed by atoms with Gasteiger partial charge in [0.15, 0.2) is 0 Å². The lowest BCUT2D eigenvalue weighted by Crippen LogP contribution is -2.44. The van der Waals surface area contributed by atoms with E-state index in [4.69, 9.17) is 5.26 Å². The second kappa shape index (κ2) is 4.97. The zero-order valence-corrected chi connectivity index (χ0v) is 12.0. The fourth-order valence-corrected chi connectivity index (χ4v) is 3.24. The Kier molecular flexibility index (Phi) is 3.63. The van der Waals surface area contributed by atoms with Crippen LogP contribution in [0.2, 0.25) is 0 Å². The zero-order valence-electron chi connectivity index (χ0n) is 12.0. The lowest BCUT2D eigenvalue weighted by Gasteiger charge is -2.24. The first-order valence-corrected chi connectivity index (χ1v) is 6.98. The molecular formula is C14H21N3O3. The van der Waals surface area contributed by atoms with Gasteiger partial charge in [-0.2, -0.15) is 5.26 Å². The van der Waals surface area contributed by atoms with Crippen LogP contribution in [0.1, 0.15) is 33.1 Å². The third-order valence-corrected chi connectivity index (χ3v) is 4.57. The van der Waals surface area contributed by atoms with E-state index >= 15 is 0 Å². The minimum atomic E-state index is -0.785. The van der Waals surface area contributed by atoms with Crippen molar-refractivity contribution in [3.8, 4) is 6.07 Å². The summed E-state index contributed by atoms with van der Waals surface area (Å²) >= 11 is 0. The number of fused-ring (bicyclic) bond motifs is 1. The number of nitriles is 1. The molecule has 1 aliphatic carbocycles. The van der Waals surface area contributed by atoms with Crippen molar-refractivity contribution in [3.63, 3.8) is 0 Å². The van der Waals surface area contributed by atoms with E-state index in [1.807, 2.05) is 0 Å². The van der Waals surface area contributed by atoms with Crippen molar-refractivity contribution >= 4 is 12.0 Å². The summed E-state index contributed by atoms with van der Waals surface area (Å²) in [6.45, 7) is 4.57. The first kappa shape index (κ1) is 14.6. The maximum absolute atomic E-state index is 12.1. The van der Waals surface area contributed by atoms with Gasteiger partial charge in [-0.1, -0.05) is 6.42 Å². The maximum Gasteiger partial charge on any atom is 0.317 e. The lowest BCUT2D eigenvalue weighted by molar-refractivity contribution is -0.149. The van der Waals surface area contributed by atoms with Crippen molar-refractivity contribution in [1.29, 1.82) is 5.26 Å². The number of aliphatic carboxylic acids is 1. The molecule has 1 saturated heterocycles. The van der Waals surface area contributed by atoms with E-state index in [-0.39, 0.29) is 25.0 Å². The normalized spacial score (nSPS) is 28.9. The van der Waals surface area contributed by atoms with Crippen LogP contribution in [0, 0.1) is 28.1 Å². The van der Waals surface area contributed by atoms with Crippen molar-refractivity contribution in [3.05, 3.63) is 0 Å². The molecule has 110 valence electrons. The second-order valence-electron chi connectivity index (χ2n) is 6.59. The quantitative estimate of drug-likeness (QED) is 0.817. The van der Waals surface area contributed by atoms with Crippen LogP contribution in [0.4, 0.5) is 4.79 Å². The van der Waals surface area contributed by atoms with Gasteiger partial charge < -0.3 is 15.3 Å². The van der Waals surface area contributed by atoms with Gasteiger partial charge >= 0.3 is 12.0 Å². The van der Waals surface area contributed by atoms with Crippen LogP contribution in [-0.2, 0) is 4.79 Å². The largest absolute Gasteiger partial charge is 0.481 e. The number of hydrogen-bond acceptors (Lipinski definition) is 3. The van der Waals surface area contributed by atoms with E-state index < -0.39 is 16.8 Å². The van der Waals surface area contributed by atoms with E-state index in [1.54, 1.807) is 18.7 Å². The molecule has 2 fully saturated rings. The minimum Gasteiger partial charge on any atom is -0.481 e.